The van der Waals surface area contributed by atoms with Gasteiger partial charge in [-0.3, -0.25) is 0 Å². The van der Waals surface area contributed by atoms with E-state index in [1.807, 2.05) is 13.0 Å². The zero-order valence-electron chi connectivity index (χ0n) is 13.7. The third kappa shape index (κ3) is 2.96. The second-order valence-corrected chi connectivity index (χ2v) is 6.88. The van der Waals surface area contributed by atoms with Crippen molar-refractivity contribution >= 4 is 22.8 Å². The molecule has 4 rings (SSSR count). The van der Waals surface area contributed by atoms with Crippen LogP contribution in [0.2, 0.25) is 0 Å². The summed E-state index contributed by atoms with van der Waals surface area (Å²) in [5.41, 5.74) is 1.97. The van der Waals surface area contributed by atoms with Gasteiger partial charge in [-0.05, 0) is 38.1 Å². The number of benzene rings is 1. The minimum Gasteiger partial charge on any atom is -0.362 e. The summed E-state index contributed by atoms with van der Waals surface area (Å²) in [6.07, 6.45) is 0. The number of nitrogens with zero attached hydrogens (tertiary/aromatic N) is 5. The van der Waals surface area contributed by atoms with Crippen LogP contribution in [0.3, 0.4) is 0 Å². The molecule has 0 saturated carbocycles. The molecule has 3 heterocycles. The molecular weight excluding hydrogens is 339 g/mol. The van der Waals surface area contributed by atoms with Crippen molar-refractivity contribution in [2.24, 2.45) is 0 Å². The molecule has 0 saturated heterocycles. The highest BCUT2D eigenvalue weighted by molar-refractivity contribution is 7.11. The van der Waals surface area contributed by atoms with E-state index >= 15 is 0 Å². The van der Waals surface area contributed by atoms with Gasteiger partial charge in [0.15, 0.2) is 11.5 Å². The molecule has 0 fully saturated rings. The molecule has 1 N–H and O–H groups in total. The summed E-state index contributed by atoms with van der Waals surface area (Å²) in [6, 6.07) is 10.1. The maximum Gasteiger partial charge on any atom is 0.188 e. The Bertz CT molecular complexity index is 1030. The summed E-state index contributed by atoms with van der Waals surface area (Å²) in [6.45, 7) is 4.63. The van der Waals surface area contributed by atoms with E-state index in [0.717, 1.165) is 10.7 Å². The van der Waals surface area contributed by atoms with E-state index in [1.54, 1.807) is 40.1 Å². The van der Waals surface area contributed by atoms with Crippen molar-refractivity contribution < 1.29 is 4.39 Å². The van der Waals surface area contributed by atoms with Crippen LogP contribution in [0.25, 0.3) is 17.0 Å². The highest BCUT2D eigenvalue weighted by Crippen LogP contribution is 2.22. The van der Waals surface area contributed by atoms with Crippen LogP contribution in [-0.2, 0) is 6.54 Å². The summed E-state index contributed by atoms with van der Waals surface area (Å²) >= 11 is 1.66. The molecule has 4 aromatic rings. The second kappa shape index (κ2) is 6.21. The van der Waals surface area contributed by atoms with Crippen LogP contribution >= 0.6 is 11.3 Å². The molecule has 126 valence electrons. The van der Waals surface area contributed by atoms with Gasteiger partial charge in [0, 0.05) is 4.88 Å². The van der Waals surface area contributed by atoms with Crippen LogP contribution in [-0.4, -0.2) is 24.8 Å². The molecule has 8 heteroatoms. The van der Waals surface area contributed by atoms with Gasteiger partial charge >= 0.3 is 0 Å². The van der Waals surface area contributed by atoms with E-state index in [-0.39, 0.29) is 5.82 Å². The molecular formula is C17H15FN6S. The van der Waals surface area contributed by atoms with Gasteiger partial charge in [0.25, 0.3) is 0 Å². The first kappa shape index (κ1) is 15.6. The highest BCUT2D eigenvalue weighted by atomic mass is 32.1. The lowest BCUT2D eigenvalue weighted by atomic mass is 10.2. The Hall–Kier alpha value is -2.87. The Kier molecular flexibility index (Phi) is 3.89. The number of halogens is 1. The SMILES string of the molecule is Cc1nc(CNc2ccc3nnc(-c4ccccc4F)n3n2)sc1C. The fraction of sp³-hybridized carbons (Fsp3) is 0.176. The molecule has 0 atom stereocenters. The van der Waals surface area contributed by atoms with Crippen molar-refractivity contribution in [3.63, 3.8) is 0 Å². The smallest absolute Gasteiger partial charge is 0.188 e. The molecule has 25 heavy (non-hydrogen) atoms. The molecule has 0 unspecified atom stereocenters. The van der Waals surface area contributed by atoms with Gasteiger partial charge in [0.1, 0.15) is 16.6 Å². The van der Waals surface area contributed by atoms with Gasteiger partial charge in [0.05, 0.1) is 17.8 Å². The Morgan fingerprint density at radius 2 is 1.96 bits per heavy atom. The standard InChI is InChI=1S/C17H15FN6S/c1-10-11(2)25-16(20-10)9-19-14-7-8-15-21-22-17(24(15)23-14)12-5-3-4-6-13(12)18/h3-8H,9H2,1-2H3,(H,19,23). The monoisotopic (exact) mass is 354 g/mol. The predicted octanol–water partition coefficient (Wildman–Crippen LogP) is 3.62. The van der Waals surface area contributed by atoms with Crippen LogP contribution in [0.4, 0.5) is 10.2 Å². The number of anilines is 1. The molecule has 0 radical (unpaired) electrons. The zero-order chi connectivity index (χ0) is 17.4. The Balaban J connectivity index is 1.65. The van der Waals surface area contributed by atoms with E-state index in [4.69, 9.17) is 0 Å². The van der Waals surface area contributed by atoms with Crippen LogP contribution in [0.15, 0.2) is 36.4 Å². The first-order valence-corrected chi connectivity index (χ1v) is 8.57. The van der Waals surface area contributed by atoms with Crippen LogP contribution in [0, 0.1) is 19.7 Å². The fourth-order valence-electron chi connectivity index (χ4n) is 2.47. The summed E-state index contributed by atoms with van der Waals surface area (Å²) < 4.78 is 15.6. The Morgan fingerprint density at radius 3 is 2.72 bits per heavy atom. The molecule has 0 aliphatic heterocycles. The summed E-state index contributed by atoms with van der Waals surface area (Å²) in [5, 5.41) is 16.9. The number of hydrogen-bond acceptors (Lipinski definition) is 6. The predicted molar refractivity (Wildman–Crippen MR) is 95.1 cm³/mol. The Morgan fingerprint density at radius 1 is 1.12 bits per heavy atom. The number of rotatable bonds is 4. The average Bonchev–Trinajstić information content (AvgIpc) is 3.16. The molecule has 0 aliphatic rings. The summed E-state index contributed by atoms with van der Waals surface area (Å²) in [7, 11) is 0. The van der Waals surface area contributed by atoms with Crippen molar-refractivity contribution in [3.8, 4) is 11.4 Å². The van der Waals surface area contributed by atoms with Gasteiger partial charge in [0.2, 0.25) is 0 Å². The van der Waals surface area contributed by atoms with E-state index in [9.17, 15) is 4.39 Å². The largest absolute Gasteiger partial charge is 0.362 e. The molecule has 1 aromatic carbocycles. The number of hydrogen-bond donors (Lipinski definition) is 1. The van der Waals surface area contributed by atoms with Crippen LogP contribution < -0.4 is 5.32 Å². The van der Waals surface area contributed by atoms with E-state index in [2.05, 4.69) is 32.5 Å². The minimum absolute atomic E-state index is 0.356. The number of aryl methyl sites for hydroxylation is 2. The molecule has 0 bridgehead atoms. The fourth-order valence-corrected chi connectivity index (χ4v) is 3.35. The first-order chi connectivity index (χ1) is 12.1. The van der Waals surface area contributed by atoms with Crippen molar-refractivity contribution in [2.75, 3.05) is 5.32 Å². The van der Waals surface area contributed by atoms with E-state index in [0.29, 0.717) is 29.4 Å². The Labute approximate surface area is 147 Å². The highest BCUT2D eigenvalue weighted by Gasteiger charge is 2.13. The molecule has 3 aromatic heterocycles. The average molecular weight is 354 g/mol. The number of nitrogens with one attached hydrogen (secondary N) is 1. The lowest BCUT2D eigenvalue weighted by Crippen LogP contribution is -2.05. The lowest BCUT2D eigenvalue weighted by Gasteiger charge is -2.05. The topological polar surface area (TPSA) is 68.0 Å². The van der Waals surface area contributed by atoms with Gasteiger partial charge in [-0.2, -0.15) is 4.52 Å². The van der Waals surface area contributed by atoms with E-state index in [1.165, 1.54) is 10.9 Å². The number of thiazole rings is 1. The third-order valence-corrected chi connectivity index (χ3v) is 4.94. The quantitative estimate of drug-likeness (QED) is 0.606. The zero-order valence-corrected chi connectivity index (χ0v) is 14.5. The number of fused-ring (bicyclic) bond motifs is 1. The molecule has 6 nitrogen and oxygen atoms in total. The number of aromatic nitrogens is 5. The van der Waals surface area contributed by atoms with Gasteiger partial charge in [-0.15, -0.1) is 26.6 Å². The summed E-state index contributed by atoms with van der Waals surface area (Å²) in [5.74, 6) is 0.666. The van der Waals surface area contributed by atoms with Crippen molar-refractivity contribution in [3.05, 3.63) is 57.8 Å². The van der Waals surface area contributed by atoms with Gasteiger partial charge in [-0.25, -0.2) is 9.37 Å². The van der Waals surface area contributed by atoms with Crippen molar-refractivity contribution in [1.29, 1.82) is 0 Å². The second-order valence-electron chi connectivity index (χ2n) is 5.59. The summed E-state index contributed by atoms with van der Waals surface area (Å²) in [4.78, 5) is 5.71. The van der Waals surface area contributed by atoms with Gasteiger partial charge in [-0.1, -0.05) is 12.1 Å². The maximum absolute atomic E-state index is 14.1. The van der Waals surface area contributed by atoms with Crippen molar-refractivity contribution in [1.82, 2.24) is 24.8 Å². The first-order valence-electron chi connectivity index (χ1n) is 7.76. The molecule has 0 aliphatic carbocycles. The van der Waals surface area contributed by atoms with E-state index < -0.39 is 0 Å². The van der Waals surface area contributed by atoms with Crippen LogP contribution in [0.5, 0.6) is 0 Å². The minimum atomic E-state index is -0.356. The lowest BCUT2D eigenvalue weighted by molar-refractivity contribution is 0.629. The normalized spacial score (nSPS) is 11.2. The van der Waals surface area contributed by atoms with Gasteiger partial charge < -0.3 is 5.32 Å². The molecule has 0 amide bonds. The molecule has 0 spiro atoms. The third-order valence-electron chi connectivity index (χ3n) is 3.87. The maximum atomic E-state index is 14.1. The van der Waals surface area contributed by atoms with Crippen LogP contribution in [0.1, 0.15) is 15.6 Å². The van der Waals surface area contributed by atoms with Crippen molar-refractivity contribution in [2.45, 2.75) is 20.4 Å².